The van der Waals surface area contributed by atoms with E-state index in [-0.39, 0.29) is 5.60 Å². The molecule has 110 valence electrons. The molecule has 1 heterocycles. The van der Waals surface area contributed by atoms with Gasteiger partial charge in [0.2, 0.25) is 0 Å². The maximum absolute atomic E-state index is 6.14. The number of hydrogen-bond donors (Lipinski definition) is 1. The number of rotatable bonds is 4. The van der Waals surface area contributed by atoms with Crippen molar-refractivity contribution in [1.29, 1.82) is 0 Å². The fourth-order valence-electron chi connectivity index (χ4n) is 3.96. The average Bonchev–Trinajstić information content (AvgIpc) is 2.93. The Morgan fingerprint density at radius 1 is 1.25 bits per heavy atom. The van der Waals surface area contributed by atoms with Gasteiger partial charge in [-0.3, -0.25) is 0 Å². The Bertz CT molecular complexity index is 411. The molecule has 0 amide bonds. The second-order valence-electron chi connectivity index (χ2n) is 6.47. The van der Waals surface area contributed by atoms with Gasteiger partial charge in [0.15, 0.2) is 0 Å². The summed E-state index contributed by atoms with van der Waals surface area (Å²) in [4.78, 5) is 0. The van der Waals surface area contributed by atoms with Gasteiger partial charge in [0.1, 0.15) is 0 Å². The van der Waals surface area contributed by atoms with Gasteiger partial charge < -0.3 is 10.1 Å². The summed E-state index contributed by atoms with van der Waals surface area (Å²) in [5, 5.41) is 3.89. The number of benzene rings is 1. The second-order valence-corrected chi connectivity index (χ2v) is 6.47. The van der Waals surface area contributed by atoms with Gasteiger partial charge in [-0.05, 0) is 37.7 Å². The van der Waals surface area contributed by atoms with Crippen LogP contribution in [-0.2, 0) is 4.74 Å². The normalized spacial score (nSPS) is 26.8. The number of hydrogen-bond acceptors (Lipinski definition) is 2. The first-order chi connectivity index (χ1) is 9.81. The van der Waals surface area contributed by atoms with Gasteiger partial charge in [0, 0.05) is 18.7 Å². The molecule has 3 rings (SSSR count). The molecule has 2 atom stereocenters. The van der Waals surface area contributed by atoms with E-state index in [0.717, 1.165) is 19.4 Å². The largest absolute Gasteiger partial charge is 0.375 e. The zero-order chi connectivity index (χ0) is 13.8. The van der Waals surface area contributed by atoms with Crippen LogP contribution in [0.3, 0.4) is 0 Å². The van der Waals surface area contributed by atoms with Crippen molar-refractivity contribution < 1.29 is 4.74 Å². The lowest BCUT2D eigenvalue weighted by molar-refractivity contribution is -0.0848. The standard InChI is InChI=1S/C18H27NO/c1-2-17(15-8-4-3-5-9-15)19-16-10-13-20-18(14-16)11-6-7-12-18/h3-5,8-9,16-17,19H,2,6-7,10-14H2,1H3. The van der Waals surface area contributed by atoms with E-state index in [1.54, 1.807) is 0 Å². The van der Waals surface area contributed by atoms with Crippen molar-refractivity contribution in [2.45, 2.75) is 69.6 Å². The fraction of sp³-hybridized carbons (Fsp3) is 0.667. The highest BCUT2D eigenvalue weighted by Gasteiger charge is 2.40. The zero-order valence-electron chi connectivity index (χ0n) is 12.6. The molecule has 1 spiro atoms. The Hall–Kier alpha value is -0.860. The minimum Gasteiger partial charge on any atom is -0.375 e. The van der Waals surface area contributed by atoms with Crippen LogP contribution in [0, 0.1) is 0 Å². The minimum absolute atomic E-state index is 0.213. The molecule has 1 aliphatic heterocycles. The van der Waals surface area contributed by atoms with Crippen LogP contribution in [0.5, 0.6) is 0 Å². The molecular formula is C18H27NO. The average molecular weight is 273 g/mol. The Labute approximate surface area is 122 Å². The zero-order valence-corrected chi connectivity index (χ0v) is 12.6. The van der Waals surface area contributed by atoms with Gasteiger partial charge in [-0.15, -0.1) is 0 Å². The molecule has 0 radical (unpaired) electrons. The third-order valence-corrected chi connectivity index (χ3v) is 5.05. The molecule has 1 saturated heterocycles. The van der Waals surface area contributed by atoms with Crippen LogP contribution >= 0.6 is 0 Å². The predicted octanol–water partition coefficient (Wildman–Crippen LogP) is 4.22. The van der Waals surface area contributed by atoms with Gasteiger partial charge in [0.05, 0.1) is 5.60 Å². The topological polar surface area (TPSA) is 21.3 Å². The van der Waals surface area contributed by atoms with E-state index >= 15 is 0 Å². The summed E-state index contributed by atoms with van der Waals surface area (Å²) >= 11 is 0. The quantitative estimate of drug-likeness (QED) is 0.887. The highest BCUT2D eigenvalue weighted by molar-refractivity contribution is 5.19. The SMILES string of the molecule is CCC(NC1CCOC2(CCCC2)C1)c1ccccc1. The molecule has 1 aliphatic carbocycles. The van der Waals surface area contributed by atoms with Crippen molar-refractivity contribution in [1.82, 2.24) is 5.32 Å². The summed E-state index contributed by atoms with van der Waals surface area (Å²) in [6.07, 6.45) is 8.75. The summed E-state index contributed by atoms with van der Waals surface area (Å²) in [6.45, 7) is 3.21. The van der Waals surface area contributed by atoms with Crippen LogP contribution in [0.25, 0.3) is 0 Å². The predicted molar refractivity (Wildman–Crippen MR) is 82.8 cm³/mol. The number of nitrogens with one attached hydrogen (secondary N) is 1. The maximum Gasteiger partial charge on any atom is 0.0697 e. The Morgan fingerprint density at radius 2 is 2.00 bits per heavy atom. The molecule has 2 heteroatoms. The summed E-state index contributed by atoms with van der Waals surface area (Å²) < 4.78 is 6.14. The minimum atomic E-state index is 0.213. The van der Waals surface area contributed by atoms with Crippen molar-refractivity contribution in [2.75, 3.05) is 6.61 Å². The van der Waals surface area contributed by atoms with E-state index in [4.69, 9.17) is 4.74 Å². The molecule has 2 aliphatic rings. The van der Waals surface area contributed by atoms with Crippen LogP contribution in [0.1, 0.15) is 63.5 Å². The van der Waals surface area contributed by atoms with Gasteiger partial charge in [-0.25, -0.2) is 0 Å². The molecule has 1 aromatic carbocycles. The fourth-order valence-corrected chi connectivity index (χ4v) is 3.96. The summed E-state index contributed by atoms with van der Waals surface area (Å²) in [6, 6.07) is 12.0. The van der Waals surface area contributed by atoms with E-state index in [9.17, 15) is 0 Å². The summed E-state index contributed by atoms with van der Waals surface area (Å²) in [5.41, 5.74) is 1.63. The third kappa shape index (κ3) is 3.07. The molecule has 1 N–H and O–H groups in total. The molecule has 1 saturated carbocycles. The van der Waals surface area contributed by atoms with Gasteiger partial charge in [-0.2, -0.15) is 0 Å². The molecule has 0 bridgehead atoms. The first-order valence-electron chi connectivity index (χ1n) is 8.26. The third-order valence-electron chi connectivity index (χ3n) is 5.05. The highest BCUT2D eigenvalue weighted by atomic mass is 16.5. The van der Waals surface area contributed by atoms with Crippen molar-refractivity contribution in [2.24, 2.45) is 0 Å². The Kier molecular flexibility index (Phi) is 4.42. The summed E-state index contributed by atoms with van der Waals surface area (Å²) in [5.74, 6) is 0. The molecule has 1 aromatic rings. The second kappa shape index (κ2) is 6.28. The van der Waals surface area contributed by atoms with E-state index < -0.39 is 0 Å². The van der Waals surface area contributed by atoms with Crippen molar-refractivity contribution in [3.63, 3.8) is 0 Å². The first-order valence-corrected chi connectivity index (χ1v) is 8.26. The molecule has 2 nitrogen and oxygen atoms in total. The van der Waals surface area contributed by atoms with Crippen molar-refractivity contribution in [3.05, 3.63) is 35.9 Å². The van der Waals surface area contributed by atoms with Crippen LogP contribution in [0.2, 0.25) is 0 Å². The van der Waals surface area contributed by atoms with Crippen LogP contribution < -0.4 is 5.32 Å². The lowest BCUT2D eigenvalue weighted by atomic mass is 9.88. The van der Waals surface area contributed by atoms with Crippen LogP contribution in [0.4, 0.5) is 0 Å². The lowest BCUT2D eigenvalue weighted by Gasteiger charge is -2.40. The van der Waals surface area contributed by atoms with Gasteiger partial charge in [0.25, 0.3) is 0 Å². The van der Waals surface area contributed by atoms with E-state index in [1.807, 2.05) is 0 Å². The smallest absolute Gasteiger partial charge is 0.0697 e. The Balaban J connectivity index is 1.64. The van der Waals surface area contributed by atoms with Crippen molar-refractivity contribution in [3.8, 4) is 0 Å². The Morgan fingerprint density at radius 3 is 2.70 bits per heavy atom. The maximum atomic E-state index is 6.14. The molecule has 2 unspecified atom stereocenters. The highest BCUT2D eigenvalue weighted by Crippen LogP contribution is 2.40. The number of ether oxygens (including phenoxy) is 1. The van der Waals surface area contributed by atoms with Gasteiger partial charge >= 0.3 is 0 Å². The molecular weight excluding hydrogens is 246 g/mol. The van der Waals surface area contributed by atoms with Crippen molar-refractivity contribution >= 4 is 0 Å². The van der Waals surface area contributed by atoms with Gasteiger partial charge in [-0.1, -0.05) is 50.1 Å². The lowest BCUT2D eigenvalue weighted by Crippen LogP contribution is -2.46. The molecule has 2 fully saturated rings. The monoisotopic (exact) mass is 273 g/mol. The molecule has 0 aromatic heterocycles. The van der Waals surface area contributed by atoms with E-state index in [2.05, 4.69) is 42.6 Å². The van der Waals surface area contributed by atoms with E-state index in [1.165, 1.54) is 37.7 Å². The van der Waals surface area contributed by atoms with E-state index in [0.29, 0.717) is 12.1 Å². The van der Waals surface area contributed by atoms with Crippen LogP contribution in [0.15, 0.2) is 30.3 Å². The summed E-state index contributed by atoms with van der Waals surface area (Å²) in [7, 11) is 0. The first kappa shape index (κ1) is 14.1. The van der Waals surface area contributed by atoms with Crippen LogP contribution in [-0.4, -0.2) is 18.2 Å². The molecule has 20 heavy (non-hydrogen) atoms.